The molecule has 0 fully saturated rings. The molecule has 7 heteroatoms. The van der Waals surface area contributed by atoms with Gasteiger partial charge in [0.25, 0.3) is 0 Å². The number of aliphatic hydroxyl groups is 2. The Bertz CT molecular complexity index is 396. The molecule has 1 aromatic heterocycles. The zero-order chi connectivity index (χ0) is 12.3. The Morgan fingerprint density at radius 2 is 2.19 bits per heavy atom. The van der Waals surface area contributed by atoms with E-state index < -0.39 is 18.1 Å². The SMILES string of the molecule is Cc1nc(N)ncc1C(O)C(O)CC(N)=O. The van der Waals surface area contributed by atoms with Gasteiger partial charge in [0.15, 0.2) is 0 Å². The van der Waals surface area contributed by atoms with Crippen LogP contribution in [0.5, 0.6) is 0 Å². The fourth-order valence-corrected chi connectivity index (χ4v) is 1.31. The molecule has 0 aliphatic heterocycles. The first-order valence-electron chi connectivity index (χ1n) is 4.65. The zero-order valence-electron chi connectivity index (χ0n) is 8.79. The second-order valence-electron chi connectivity index (χ2n) is 3.45. The summed E-state index contributed by atoms with van der Waals surface area (Å²) in [5.74, 6) is -0.613. The summed E-state index contributed by atoms with van der Waals surface area (Å²) >= 11 is 0. The molecule has 0 radical (unpaired) electrons. The van der Waals surface area contributed by atoms with E-state index in [0.717, 1.165) is 0 Å². The number of nitrogens with zero attached hydrogens (tertiary/aromatic N) is 2. The number of hydrogen-bond donors (Lipinski definition) is 4. The van der Waals surface area contributed by atoms with Gasteiger partial charge in [0, 0.05) is 17.5 Å². The summed E-state index contributed by atoms with van der Waals surface area (Å²) in [5, 5.41) is 19.2. The second kappa shape index (κ2) is 4.86. The number of anilines is 1. The Hall–Kier alpha value is -1.73. The Morgan fingerprint density at radius 3 is 2.69 bits per heavy atom. The molecule has 0 aliphatic rings. The van der Waals surface area contributed by atoms with Crippen molar-refractivity contribution < 1.29 is 15.0 Å². The molecular formula is C9H14N4O3. The van der Waals surface area contributed by atoms with Crippen molar-refractivity contribution in [1.82, 2.24) is 9.97 Å². The molecule has 6 N–H and O–H groups in total. The number of carbonyl (C=O) groups is 1. The Kier molecular flexibility index (Phi) is 3.75. The van der Waals surface area contributed by atoms with E-state index in [9.17, 15) is 15.0 Å². The van der Waals surface area contributed by atoms with Gasteiger partial charge in [-0.25, -0.2) is 9.97 Å². The van der Waals surface area contributed by atoms with Crippen molar-refractivity contribution in [3.8, 4) is 0 Å². The number of nitrogens with two attached hydrogens (primary N) is 2. The highest BCUT2D eigenvalue weighted by Gasteiger charge is 2.22. The average Bonchev–Trinajstić information content (AvgIpc) is 2.15. The molecule has 0 aliphatic carbocycles. The van der Waals surface area contributed by atoms with Crippen LogP contribution in [0.1, 0.15) is 23.8 Å². The van der Waals surface area contributed by atoms with E-state index >= 15 is 0 Å². The highest BCUT2D eigenvalue weighted by Crippen LogP contribution is 2.20. The Balaban J connectivity index is 2.87. The van der Waals surface area contributed by atoms with Crippen LogP contribution in [-0.4, -0.2) is 32.2 Å². The first kappa shape index (κ1) is 12.3. The van der Waals surface area contributed by atoms with E-state index in [1.54, 1.807) is 6.92 Å². The van der Waals surface area contributed by atoms with Crippen LogP contribution < -0.4 is 11.5 Å². The summed E-state index contributed by atoms with van der Waals surface area (Å²) in [5.41, 5.74) is 11.0. The third-order valence-corrected chi connectivity index (χ3v) is 2.13. The van der Waals surface area contributed by atoms with E-state index in [0.29, 0.717) is 11.3 Å². The number of primary amides is 1. The number of nitrogen functional groups attached to an aromatic ring is 1. The first-order chi connectivity index (χ1) is 7.41. The lowest BCUT2D eigenvalue weighted by molar-refractivity contribution is -0.121. The van der Waals surface area contributed by atoms with E-state index in [2.05, 4.69) is 9.97 Å². The van der Waals surface area contributed by atoms with Gasteiger partial charge in [0.2, 0.25) is 11.9 Å². The van der Waals surface area contributed by atoms with Gasteiger partial charge in [-0.3, -0.25) is 4.79 Å². The summed E-state index contributed by atoms with van der Waals surface area (Å²) in [7, 11) is 0. The van der Waals surface area contributed by atoms with Crippen LogP contribution in [0.2, 0.25) is 0 Å². The van der Waals surface area contributed by atoms with Crippen molar-refractivity contribution >= 4 is 11.9 Å². The average molecular weight is 226 g/mol. The molecule has 0 saturated carbocycles. The van der Waals surface area contributed by atoms with Crippen LogP contribution in [-0.2, 0) is 4.79 Å². The van der Waals surface area contributed by atoms with Gasteiger partial charge in [-0.15, -0.1) is 0 Å². The van der Waals surface area contributed by atoms with E-state index in [4.69, 9.17) is 11.5 Å². The lowest BCUT2D eigenvalue weighted by Crippen LogP contribution is -2.26. The fourth-order valence-electron chi connectivity index (χ4n) is 1.31. The van der Waals surface area contributed by atoms with Crippen molar-refractivity contribution in [3.05, 3.63) is 17.5 Å². The number of hydrogen-bond acceptors (Lipinski definition) is 6. The quantitative estimate of drug-likeness (QED) is 0.500. The molecule has 1 aromatic rings. The van der Waals surface area contributed by atoms with E-state index in [1.165, 1.54) is 6.20 Å². The van der Waals surface area contributed by atoms with Crippen molar-refractivity contribution in [3.63, 3.8) is 0 Å². The number of aliphatic hydroxyl groups excluding tert-OH is 2. The van der Waals surface area contributed by atoms with Crippen LogP contribution in [0.25, 0.3) is 0 Å². The summed E-state index contributed by atoms with van der Waals surface area (Å²) < 4.78 is 0. The fraction of sp³-hybridized carbons (Fsp3) is 0.444. The maximum Gasteiger partial charge on any atom is 0.220 e. The maximum atomic E-state index is 10.6. The molecule has 2 atom stereocenters. The minimum absolute atomic E-state index is 0.0813. The van der Waals surface area contributed by atoms with Crippen LogP contribution in [0.15, 0.2) is 6.20 Å². The first-order valence-corrected chi connectivity index (χ1v) is 4.65. The molecule has 1 rings (SSSR count). The van der Waals surface area contributed by atoms with Gasteiger partial charge in [-0.2, -0.15) is 0 Å². The van der Waals surface area contributed by atoms with E-state index in [-0.39, 0.29) is 12.4 Å². The molecule has 1 heterocycles. The lowest BCUT2D eigenvalue weighted by Gasteiger charge is -2.17. The predicted octanol–water partition coefficient (Wildman–Crippen LogP) is -1.36. The topological polar surface area (TPSA) is 135 Å². The summed E-state index contributed by atoms with van der Waals surface area (Å²) in [6.45, 7) is 1.62. The highest BCUT2D eigenvalue weighted by molar-refractivity contribution is 5.74. The minimum atomic E-state index is -1.27. The monoisotopic (exact) mass is 226 g/mol. The molecule has 7 nitrogen and oxygen atoms in total. The molecule has 2 unspecified atom stereocenters. The summed E-state index contributed by atoms with van der Waals surface area (Å²) in [6.07, 6.45) is -1.55. The Labute approximate surface area is 92.1 Å². The number of rotatable bonds is 4. The van der Waals surface area contributed by atoms with E-state index in [1.807, 2.05) is 0 Å². The van der Waals surface area contributed by atoms with Crippen molar-refractivity contribution in [2.45, 2.75) is 25.6 Å². The molecule has 0 saturated heterocycles. The molecule has 0 aromatic carbocycles. The number of aromatic nitrogens is 2. The summed E-state index contributed by atoms with van der Waals surface area (Å²) in [4.78, 5) is 18.1. The van der Waals surface area contributed by atoms with Gasteiger partial charge >= 0.3 is 0 Å². The van der Waals surface area contributed by atoms with Crippen LogP contribution in [0.3, 0.4) is 0 Å². The molecule has 0 spiro atoms. The number of carbonyl (C=O) groups excluding carboxylic acids is 1. The summed E-state index contributed by atoms with van der Waals surface area (Å²) in [6, 6.07) is 0. The maximum absolute atomic E-state index is 10.6. The molecule has 0 bridgehead atoms. The van der Waals surface area contributed by atoms with Crippen molar-refractivity contribution in [2.75, 3.05) is 5.73 Å². The van der Waals surface area contributed by atoms with Crippen LogP contribution in [0, 0.1) is 6.92 Å². The van der Waals surface area contributed by atoms with Gasteiger partial charge in [0.05, 0.1) is 12.5 Å². The molecular weight excluding hydrogens is 212 g/mol. The number of aryl methyl sites for hydroxylation is 1. The number of amides is 1. The normalized spacial score (nSPS) is 14.4. The van der Waals surface area contributed by atoms with Crippen molar-refractivity contribution in [2.24, 2.45) is 5.73 Å². The van der Waals surface area contributed by atoms with Gasteiger partial charge in [-0.1, -0.05) is 0 Å². The molecule has 16 heavy (non-hydrogen) atoms. The van der Waals surface area contributed by atoms with Gasteiger partial charge < -0.3 is 21.7 Å². The van der Waals surface area contributed by atoms with Gasteiger partial charge in [-0.05, 0) is 6.92 Å². The largest absolute Gasteiger partial charge is 0.390 e. The smallest absolute Gasteiger partial charge is 0.220 e. The zero-order valence-corrected chi connectivity index (χ0v) is 8.79. The Morgan fingerprint density at radius 1 is 1.56 bits per heavy atom. The van der Waals surface area contributed by atoms with Crippen molar-refractivity contribution in [1.29, 1.82) is 0 Å². The third kappa shape index (κ3) is 2.88. The highest BCUT2D eigenvalue weighted by atomic mass is 16.3. The molecule has 88 valence electrons. The minimum Gasteiger partial charge on any atom is -0.390 e. The van der Waals surface area contributed by atoms with Crippen LogP contribution >= 0.6 is 0 Å². The standard InChI is InChI=1S/C9H14N4O3/c1-4-5(3-12-9(11)13-4)8(16)6(14)2-7(10)15/h3,6,8,14,16H,2H2,1H3,(H2,10,15)(H2,11,12,13). The lowest BCUT2D eigenvalue weighted by atomic mass is 10.0. The van der Waals surface area contributed by atoms with Gasteiger partial charge in [0.1, 0.15) is 6.10 Å². The second-order valence-corrected chi connectivity index (χ2v) is 3.45. The predicted molar refractivity (Wildman–Crippen MR) is 56.0 cm³/mol. The van der Waals surface area contributed by atoms with Crippen LogP contribution in [0.4, 0.5) is 5.95 Å². The third-order valence-electron chi connectivity index (χ3n) is 2.13. The molecule has 1 amide bonds.